The number of ether oxygens (including phenoxy) is 2. The second-order valence-corrected chi connectivity index (χ2v) is 6.65. The molecule has 0 bridgehead atoms. The van der Waals surface area contributed by atoms with Crippen LogP contribution in [0.5, 0.6) is 5.75 Å². The first-order chi connectivity index (χ1) is 12.3. The van der Waals surface area contributed by atoms with Crippen LogP contribution in [0.4, 0.5) is 5.69 Å². The van der Waals surface area contributed by atoms with Gasteiger partial charge in [-0.05, 0) is 67.3 Å². The molecule has 0 atom stereocenters. The minimum absolute atomic E-state index is 0.0827. The van der Waals surface area contributed by atoms with E-state index in [0.717, 1.165) is 5.56 Å². The van der Waals surface area contributed by atoms with Gasteiger partial charge in [-0.3, -0.25) is 4.79 Å². The van der Waals surface area contributed by atoms with Crippen molar-refractivity contribution in [3.05, 3.63) is 59.2 Å². The molecule has 2 aromatic rings. The molecular formula is C21H25NO4. The molecule has 0 aliphatic carbocycles. The number of aryl methyl sites for hydroxylation is 2. The molecule has 0 saturated heterocycles. The van der Waals surface area contributed by atoms with E-state index in [1.165, 1.54) is 5.56 Å². The van der Waals surface area contributed by atoms with Gasteiger partial charge in [0.25, 0.3) is 5.91 Å². The van der Waals surface area contributed by atoms with Gasteiger partial charge in [0, 0.05) is 5.69 Å². The van der Waals surface area contributed by atoms with Gasteiger partial charge in [-0.15, -0.1) is 0 Å². The average molecular weight is 355 g/mol. The Hall–Kier alpha value is -2.82. The zero-order chi connectivity index (χ0) is 19.1. The maximum absolute atomic E-state index is 12.0. The first kappa shape index (κ1) is 19.5. The monoisotopic (exact) mass is 355 g/mol. The van der Waals surface area contributed by atoms with Crippen molar-refractivity contribution in [1.29, 1.82) is 0 Å². The van der Waals surface area contributed by atoms with Crippen molar-refractivity contribution in [2.75, 3.05) is 18.5 Å². The van der Waals surface area contributed by atoms with Crippen LogP contribution in [0.15, 0.2) is 42.5 Å². The molecule has 0 fully saturated rings. The van der Waals surface area contributed by atoms with Crippen LogP contribution in [0.1, 0.15) is 35.3 Å². The van der Waals surface area contributed by atoms with Crippen molar-refractivity contribution in [2.24, 2.45) is 5.92 Å². The van der Waals surface area contributed by atoms with Gasteiger partial charge in [0.1, 0.15) is 5.75 Å². The number of carbonyl (C=O) groups excluding carboxylic acids is 2. The van der Waals surface area contributed by atoms with Crippen LogP contribution in [0.2, 0.25) is 0 Å². The number of hydrogen-bond donors (Lipinski definition) is 1. The molecule has 0 aliphatic heterocycles. The molecule has 1 amide bonds. The van der Waals surface area contributed by atoms with Crippen molar-refractivity contribution < 1.29 is 19.1 Å². The lowest BCUT2D eigenvalue weighted by Crippen LogP contribution is -2.20. The summed E-state index contributed by atoms with van der Waals surface area (Å²) in [6, 6.07) is 12.3. The molecule has 5 heteroatoms. The number of carbonyl (C=O) groups is 2. The van der Waals surface area contributed by atoms with Crippen molar-refractivity contribution in [2.45, 2.75) is 27.7 Å². The molecule has 0 aliphatic rings. The summed E-state index contributed by atoms with van der Waals surface area (Å²) in [4.78, 5) is 23.9. The molecule has 0 radical (unpaired) electrons. The quantitative estimate of drug-likeness (QED) is 0.758. The molecule has 2 aromatic carbocycles. The molecule has 2 rings (SSSR count). The third-order valence-electron chi connectivity index (χ3n) is 3.80. The molecule has 5 nitrogen and oxygen atoms in total. The zero-order valence-electron chi connectivity index (χ0n) is 15.7. The molecule has 0 saturated carbocycles. The highest BCUT2D eigenvalue weighted by Gasteiger charge is 2.09. The topological polar surface area (TPSA) is 64.6 Å². The largest absolute Gasteiger partial charge is 0.484 e. The Balaban J connectivity index is 1.85. The minimum atomic E-state index is -0.366. The van der Waals surface area contributed by atoms with Gasteiger partial charge in [0.15, 0.2) is 6.61 Å². The standard InChI is InChI=1S/C21H25NO4/c1-14(2)12-26-21(24)17-6-8-18(9-7-17)22-20(23)13-25-19-10-5-15(3)16(4)11-19/h5-11,14H,12-13H2,1-4H3,(H,22,23). The summed E-state index contributed by atoms with van der Waals surface area (Å²) in [6.45, 7) is 8.27. The normalized spacial score (nSPS) is 10.5. The van der Waals surface area contributed by atoms with Gasteiger partial charge in [-0.2, -0.15) is 0 Å². The van der Waals surface area contributed by atoms with Gasteiger partial charge >= 0.3 is 5.97 Å². The lowest BCUT2D eigenvalue weighted by Gasteiger charge is -2.10. The van der Waals surface area contributed by atoms with Crippen molar-refractivity contribution >= 4 is 17.6 Å². The number of esters is 1. The van der Waals surface area contributed by atoms with Gasteiger partial charge < -0.3 is 14.8 Å². The number of amides is 1. The predicted molar refractivity (Wildman–Crippen MR) is 102 cm³/mol. The summed E-state index contributed by atoms with van der Waals surface area (Å²) >= 11 is 0. The molecule has 0 aromatic heterocycles. The van der Waals surface area contributed by atoms with Crippen LogP contribution in [0.3, 0.4) is 0 Å². The van der Waals surface area contributed by atoms with Crippen LogP contribution < -0.4 is 10.1 Å². The van der Waals surface area contributed by atoms with E-state index < -0.39 is 0 Å². The summed E-state index contributed by atoms with van der Waals surface area (Å²) in [5.41, 5.74) is 3.34. The van der Waals surface area contributed by atoms with E-state index in [9.17, 15) is 9.59 Å². The molecule has 0 heterocycles. The van der Waals surface area contributed by atoms with Gasteiger partial charge in [-0.1, -0.05) is 19.9 Å². The third kappa shape index (κ3) is 5.92. The molecule has 0 spiro atoms. The Morgan fingerprint density at radius 2 is 1.69 bits per heavy atom. The summed E-state index contributed by atoms with van der Waals surface area (Å²) in [7, 11) is 0. The lowest BCUT2D eigenvalue weighted by atomic mass is 10.1. The van der Waals surface area contributed by atoms with E-state index in [4.69, 9.17) is 9.47 Å². The third-order valence-corrected chi connectivity index (χ3v) is 3.80. The second-order valence-electron chi connectivity index (χ2n) is 6.65. The number of anilines is 1. The average Bonchev–Trinajstić information content (AvgIpc) is 2.61. The van der Waals surface area contributed by atoms with Gasteiger partial charge in [0.05, 0.1) is 12.2 Å². The van der Waals surface area contributed by atoms with Crippen LogP contribution in [0, 0.1) is 19.8 Å². The molecule has 1 N–H and O–H groups in total. The fourth-order valence-corrected chi connectivity index (χ4v) is 2.16. The number of hydrogen-bond acceptors (Lipinski definition) is 4. The van der Waals surface area contributed by atoms with Crippen molar-refractivity contribution in [3.63, 3.8) is 0 Å². The van der Waals surface area contributed by atoms with Gasteiger partial charge in [0.2, 0.25) is 0 Å². The minimum Gasteiger partial charge on any atom is -0.484 e. The maximum Gasteiger partial charge on any atom is 0.338 e. The van der Waals surface area contributed by atoms with E-state index in [1.807, 2.05) is 45.9 Å². The Kier molecular flexibility index (Phi) is 6.78. The molecule has 138 valence electrons. The van der Waals surface area contributed by atoms with Crippen LogP contribution in [-0.4, -0.2) is 25.1 Å². The highest BCUT2D eigenvalue weighted by molar-refractivity contribution is 5.93. The predicted octanol–water partition coefficient (Wildman–Crippen LogP) is 4.13. The van der Waals surface area contributed by atoms with E-state index in [-0.39, 0.29) is 24.4 Å². The molecule has 26 heavy (non-hydrogen) atoms. The van der Waals surface area contributed by atoms with E-state index in [2.05, 4.69) is 5.32 Å². The Morgan fingerprint density at radius 3 is 2.31 bits per heavy atom. The zero-order valence-corrected chi connectivity index (χ0v) is 15.7. The second kappa shape index (κ2) is 9.04. The van der Waals surface area contributed by atoms with Crippen LogP contribution >= 0.6 is 0 Å². The highest BCUT2D eigenvalue weighted by atomic mass is 16.5. The van der Waals surface area contributed by atoms with Gasteiger partial charge in [-0.25, -0.2) is 4.79 Å². The summed E-state index contributed by atoms with van der Waals surface area (Å²) < 4.78 is 10.7. The van der Waals surface area contributed by atoms with Crippen LogP contribution in [-0.2, 0) is 9.53 Å². The smallest absolute Gasteiger partial charge is 0.338 e. The summed E-state index contributed by atoms with van der Waals surface area (Å²) in [6.07, 6.45) is 0. The number of benzene rings is 2. The number of rotatable bonds is 7. The first-order valence-electron chi connectivity index (χ1n) is 8.62. The first-order valence-corrected chi connectivity index (χ1v) is 8.62. The Labute approximate surface area is 154 Å². The Morgan fingerprint density at radius 1 is 1.00 bits per heavy atom. The molecular weight excluding hydrogens is 330 g/mol. The van der Waals surface area contributed by atoms with E-state index in [0.29, 0.717) is 23.6 Å². The Bertz CT molecular complexity index is 766. The van der Waals surface area contributed by atoms with Crippen molar-refractivity contribution in [3.8, 4) is 5.75 Å². The van der Waals surface area contributed by atoms with Crippen LogP contribution in [0.25, 0.3) is 0 Å². The molecule has 0 unspecified atom stereocenters. The SMILES string of the molecule is Cc1ccc(OCC(=O)Nc2ccc(C(=O)OCC(C)C)cc2)cc1C. The summed E-state index contributed by atoms with van der Waals surface area (Å²) in [5, 5.41) is 2.74. The number of nitrogens with one attached hydrogen (secondary N) is 1. The highest BCUT2D eigenvalue weighted by Crippen LogP contribution is 2.16. The maximum atomic E-state index is 12.0. The van der Waals surface area contributed by atoms with Crippen molar-refractivity contribution in [1.82, 2.24) is 0 Å². The fourth-order valence-electron chi connectivity index (χ4n) is 2.16. The fraction of sp³-hybridized carbons (Fsp3) is 0.333. The van der Waals surface area contributed by atoms with E-state index >= 15 is 0 Å². The summed E-state index contributed by atoms with van der Waals surface area (Å²) in [5.74, 6) is 0.314. The van der Waals surface area contributed by atoms with E-state index in [1.54, 1.807) is 24.3 Å². The lowest BCUT2D eigenvalue weighted by molar-refractivity contribution is -0.118.